The summed E-state index contributed by atoms with van der Waals surface area (Å²) in [6.07, 6.45) is 5.40. The normalized spacial score (nSPS) is 11.7. The van der Waals surface area contributed by atoms with E-state index in [4.69, 9.17) is 10.2 Å². The second-order valence-corrected chi connectivity index (χ2v) is 5.06. The summed E-state index contributed by atoms with van der Waals surface area (Å²) in [6.45, 7) is 5.03. The lowest BCUT2D eigenvalue weighted by atomic mass is 10.1. The highest BCUT2D eigenvalue weighted by molar-refractivity contribution is 5.66. The molecule has 4 N–H and O–H groups in total. The molecule has 2 aromatic rings. The van der Waals surface area contributed by atoms with Crippen LogP contribution >= 0.6 is 0 Å². The molecule has 6 nitrogen and oxygen atoms in total. The number of aromatic amines is 1. The van der Waals surface area contributed by atoms with E-state index in [2.05, 4.69) is 28.3 Å². The molecule has 0 amide bonds. The third kappa shape index (κ3) is 4.08. The number of nitrogens with zero attached hydrogens (tertiary/aromatic N) is 1. The topological polar surface area (TPSA) is 96.9 Å². The Morgan fingerprint density at radius 2 is 2.36 bits per heavy atom. The van der Waals surface area contributed by atoms with Gasteiger partial charge in [0.15, 0.2) is 0 Å². The van der Waals surface area contributed by atoms with Crippen molar-refractivity contribution >= 4 is 11.9 Å². The molecule has 118 valence electrons. The summed E-state index contributed by atoms with van der Waals surface area (Å²) in [6, 6.07) is 3.69. The molecule has 22 heavy (non-hydrogen) atoms. The second-order valence-electron chi connectivity index (χ2n) is 5.06. The van der Waals surface area contributed by atoms with Gasteiger partial charge in [0.2, 0.25) is 0 Å². The van der Waals surface area contributed by atoms with Crippen LogP contribution in [0, 0.1) is 6.92 Å². The Morgan fingerprint density at radius 1 is 1.55 bits per heavy atom. The first kappa shape index (κ1) is 16.0. The van der Waals surface area contributed by atoms with Crippen LogP contribution in [0.2, 0.25) is 0 Å². The Morgan fingerprint density at radius 3 is 3.00 bits per heavy atom. The number of anilines is 1. The highest BCUT2D eigenvalue weighted by Crippen LogP contribution is 2.20. The fraction of sp³-hybridized carbons (Fsp3) is 0.375. The summed E-state index contributed by atoms with van der Waals surface area (Å²) in [5.74, 6) is 1.34. The minimum Gasteiger partial charge on any atom is -0.467 e. The molecule has 0 atom stereocenters. The lowest BCUT2D eigenvalue weighted by Crippen LogP contribution is -2.17. The molecule has 0 aliphatic rings. The van der Waals surface area contributed by atoms with Gasteiger partial charge in [-0.15, -0.1) is 0 Å². The molecule has 0 spiro atoms. The van der Waals surface area contributed by atoms with Crippen LogP contribution < -0.4 is 16.7 Å². The first-order valence-electron chi connectivity index (χ1n) is 7.40. The van der Waals surface area contributed by atoms with E-state index in [0.717, 1.165) is 29.9 Å². The molecule has 0 fully saturated rings. The van der Waals surface area contributed by atoms with Crippen molar-refractivity contribution in [2.75, 3.05) is 11.9 Å². The van der Waals surface area contributed by atoms with Crippen molar-refractivity contribution < 1.29 is 4.42 Å². The molecule has 0 unspecified atom stereocenters. The van der Waals surface area contributed by atoms with Gasteiger partial charge in [-0.3, -0.25) is 0 Å². The third-order valence-electron chi connectivity index (χ3n) is 3.45. The highest BCUT2D eigenvalue weighted by atomic mass is 16.3. The van der Waals surface area contributed by atoms with Crippen LogP contribution in [0.1, 0.15) is 36.8 Å². The fourth-order valence-corrected chi connectivity index (χ4v) is 2.23. The molecule has 0 radical (unpaired) electrons. The molecular weight excluding hydrogens is 280 g/mol. The lowest BCUT2D eigenvalue weighted by Gasteiger charge is -2.11. The molecule has 2 rings (SSSR count). The smallest absolute Gasteiger partial charge is 0.347 e. The predicted octanol–water partition coefficient (Wildman–Crippen LogP) is 2.43. The van der Waals surface area contributed by atoms with Gasteiger partial charge >= 0.3 is 5.69 Å². The van der Waals surface area contributed by atoms with Gasteiger partial charge < -0.3 is 20.5 Å². The minimum absolute atomic E-state index is 0.367. The van der Waals surface area contributed by atoms with Crippen molar-refractivity contribution in [3.05, 3.63) is 51.5 Å². The molecule has 2 aromatic heterocycles. The van der Waals surface area contributed by atoms with E-state index in [1.807, 2.05) is 19.1 Å². The van der Waals surface area contributed by atoms with Gasteiger partial charge in [0.05, 0.1) is 12.8 Å². The fourth-order valence-electron chi connectivity index (χ4n) is 2.23. The van der Waals surface area contributed by atoms with Crippen LogP contribution in [0.15, 0.2) is 33.2 Å². The monoisotopic (exact) mass is 302 g/mol. The van der Waals surface area contributed by atoms with E-state index in [-0.39, 0.29) is 5.69 Å². The van der Waals surface area contributed by atoms with Crippen LogP contribution in [0.5, 0.6) is 0 Å². The van der Waals surface area contributed by atoms with Crippen LogP contribution in [-0.2, 0) is 6.54 Å². The summed E-state index contributed by atoms with van der Waals surface area (Å²) in [5, 5.41) is 3.17. The Kier molecular flexibility index (Phi) is 5.55. The first-order valence-corrected chi connectivity index (χ1v) is 7.40. The summed E-state index contributed by atoms with van der Waals surface area (Å²) in [4.78, 5) is 18.4. The lowest BCUT2D eigenvalue weighted by molar-refractivity contribution is 0.517. The van der Waals surface area contributed by atoms with E-state index in [9.17, 15) is 4.79 Å². The van der Waals surface area contributed by atoms with Crippen LogP contribution in [-0.4, -0.2) is 16.5 Å². The van der Waals surface area contributed by atoms with Gasteiger partial charge in [0.25, 0.3) is 0 Å². The van der Waals surface area contributed by atoms with Gasteiger partial charge in [0, 0.05) is 11.3 Å². The van der Waals surface area contributed by atoms with Gasteiger partial charge in [-0.05, 0) is 38.4 Å². The number of nitrogens with two attached hydrogens (primary N) is 1. The zero-order valence-electron chi connectivity index (χ0n) is 13.0. The standard InChI is InChI=1S/C16H22N4O2/c1-3-12(6-7-17)9-14-11(2)19-16(21)20-15(14)18-10-13-5-4-8-22-13/h4-5,8-9H,3,6-7,10,17H2,1-2H3,(H2,18,19,20,21)/b12-9+. The van der Waals surface area contributed by atoms with Crippen molar-refractivity contribution in [3.8, 4) is 0 Å². The van der Waals surface area contributed by atoms with Crippen molar-refractivity contribution in [1.82, 2.24) is 9.97 Å². The molecule has 0 aliphatic heterocycles. The average molecular weight is 302 g/mol. The summed E-state index contributed by atoms with van der Waals surface area (Å²) < 4.78 is 5.29. The number of nitrogens with one attached hydrogen (secondary N) is 2. The van der Waals surface area contributed by atoms with Gasteiger partial charge in [-0.2, -0.15) is 4.98 Å². The average Bonchev–Trinajstić information content (AvgIpc) is 3.00. The molecule has 0 bridgehead atoms. The zero-order chi connectivity index (χ0) is 15.9. The Bertz CT molecular complexity index is 687. The number of hydrogen-bond donors (Lipinski definition) is 3. The number of H-pyrrole nitrogens is 1. The Hall–Kier alpha value is -2.34. The first-order chi connectivity index (χ1) is 10.6. The minimum atomic E-state index is -0.367. The third-order valence-corrected chi connectivity index (χ3v) is 3.45. The van der Waals surface area contributed by atoms with E-state index < -0.39 is 0 Å². The van der Waals surface area contributed by atoms with Crippen LogP contribution in [0.4, 0.5) is 5.82 Å². The van der Waals surface area contributed by atoms with Gasteiger partial charge in [-0.25, -0.2) is 4.79 Å². The maximum Gasteiger partial charge on any atom is 0.347 e. The highest BCUT2D eigenvalue weighted by Gasteiger charge is 2.09. The maximum atomic E-state index is 11.6. The Labute approximate surface area is 129 Å². The molecule has 2 heterocycles. The molecule has 0 aliphatic carbocycles. The van der Waals surface area contributed by atoms with Crippen LogP contribution in [0.3, 0.4) is 0 Å². The Balaban J connectivity index is 2.32. The van der Waals surface area contributed by atoms with E-state index in [1.54, 1.807) is 6.26 Å². The van der Waals surface area contributed by atoms with Crippen molar-refractivity contribution in [2.24, 2.45) is 5.73 Å². The largest absolute Gasteiger partial charge is 0.467 e. The zero-order valence-corrected chi connectivity index (χ0v) is 13.0. The number of aryl methyl sites for hydroxylation is 1. The number of hydrogen-bond acceptors (Lipinski definition) is 5. The quantitative estimate of drug-likeness (QED) is 0.730. The van der Waals surface area contributed by atoms with Gasteiger partial charge in [-0.1, -0.05) is 18.6 Å². The van der Waals surface area contributed by atoms with Crippen molar-refractivity contribution in [1.29, 1.82) is 0 Å². The predicted molar refractivity (Wildman–Crippen MR) is 87.6 cm³/mol. The second kappa shape index (κ2) is 7.61. The summed E-state index contributed by atoms with van der Waals surface area (Å²) in [7, 11) is 0. The molecule has 0 saturated carbocycles. The molecule has 0 aromatic carbocycles. The van der Waals surface area contributed by atoms with Gasteiger partial charge in [0.1, 0.15) is 11.6 Å². The van der Waals surface area contributed by atoms with E-state index in [1.165, 1.54) is 5.57 Å². The van der Waals surface area contributed by atoms with Crippen molar-refractivity contribution in [2.45, 2.75) is 33.2 Å². The molecule has 6 heteroatoms. The SMILES string of the molecule is CC/C(=C\c1c(NCc2ccco2)nc(=O)[nH]c1C)CCN. The number of furan rings is 1. The molecule has 0 saturated heterocycles. The summed E-state index contributed by atoms with van der Waals surface area (Å²) >= 11 is 0. The maximum absolute atomic E-state index is 11.6. The van der Waals surface area contributed by atoms with E-state index in [0.29, 0.717) is 18.9 Å². The van der Waals surface area contributed by atoms with Crippen molar-refractivity contribution in [3.63, 3.8) is 0 Å². The number of rotatable bonds is 7. The summed E-state index contributed by atoms with van der Waals surface area (Å²) in [5.41, 5.74) is 8.16. The van der Waals surface area contributed by atoms with Crippen LogP contribution in [0.25, 0.3) is 6.08 Å². The van der Waals surface area contributed by atoms with E-state index >= 15 is 0 Å². The number of aromatic nitrogens is 2. The molecular formula is C16H22N4O2.